The molecular formula is C18H14F3N3O4. The van der Waals surface area contributed by atoms with Gasteiger partial charge < -0.3 is 14.1 Å². The zero-order valence-electron chi connectivity index (χ0n) is 14.3. The van der Waals surface area contributed by atoms with Gasteiger partial charge in [0.1, 0.15) is 18.2 Å². The summed E-state index contributed by atoms with van der Waals surface area (Å²) in [6.45, 7) is -0.00552. The molecule has 1 amide bonds. The molecule has 146 valence electrons. The van der Waals surface area contributed by atoms with Crippen molar-refractivity contribution in [1.82, 2.24) is 14.5 Å². The number of ether oxygens (including phenoxy) is 1. The summed E-state index contributed by atoms with van der Waals surface area (Å²) < 4.78 is 50.5. The molecular weight excluding hydrogens is 379 g/mol. The topological polar surface area (TPSA) is 77.6 Å². The van der Waals surface area contributed by atoms with Crippen molar-refractivity contribution >= 4 is 17.0 Å². The monoisotopic (exact) mass is 393 g/mol. The summed E-state index contributed by atoms with van der Waals surface area (Å²) in [5.74, 6) is -1.51. The summed E-state index contributed by atoms with van der Waals surface area (Å²) in [6.07, 6.45) is -3.97. The Balaban J connectivity index is 1.40. The first kappa shape index (κ1) is 18.1. The fraction of sp³-hybridized carbons (Fsp3) is 0.278. The maximum absolute atomic E-state index is 13.0. The summed E-state index contributed by atoms with van der Waals surface area (Å²) in [5, 5.41) is 0. The first-order chi connectivity index (χ1) is 13.3. The molecule has 1 saturated heterocycles. The number of carbonyl (C=O) groups excluding carboxylic acids is 1. The molecule has 10 heteroatoms. The van der Waals surface area contributed by atoms with Crippen molar-refractivity contribution in [2.24, 2.45) is 0 Å². The number of alkyl halides is 3. The van der Waals surface area contributed by atoms with Crippen molar-refractivity contribution in [2.45, 2.75) is 18.8 Å². The SMILES string of the molecule is O=C(Cn1c(=O)oc2ccccc21)N1CC(Oc2ncccc2C(F)(F)F)C1. The average Bonchev–Trinajstić information content (AvgIpc) is 2.93. The van der Waals surface area contributed by atoms with Gasteiger partial charge in [0, 0.05) is 6.20 Å². The van der Waals surface area contributed by atoms with E-state index in [2.05, 4.69) is 4.98 Å². The van der Waals surface area contributed by atoms with Crippen molar-refractivity contribution in [1.29, 1.82) is 0 Å². The number of likely N-dealkylation sites (tertiary alicyclic amines) is 1. The number of amides is 1. The second-order valence-corrected chi connectivity index (χ2v) is 6.31. The maximum Gasteiger partial charge on any atom is 0.421 e. The number of fused-ring (bicyclic) bond motifs is 1. The zero-order valence-corrected chi connectivity index (χ0v) is 14.3. The van der Waals surface area contributed by atoms with Gasteiger partial charge in [0.25, 0.3) is 0 Å². The van der Waals surface area contributed by atoms with Crippen molar-refractivity contribution in [2.75, 3.05) is 13.1 Å². The highest BCUT2D eigenvalue weighted by Gasteiger charge is 2.38. The molecule has 0 atom stereocenters. The minimum atomic E-state index is -4.58. The number of rotatable bonds is 4. The van der Waals surface area contributed by atoms with Crippen LogP contribution in [0.3, 0.4) is 0 Å². The first-order valence-electron chi connectivity index (χ1n) is 8.38. The molecule has 4 rings (SSSR count). The van der Waals surface area contributed by atoms with Gasteiger partial charge in [-0.25, -0.2) is 9.78 Å². The number of hydrogen-bond donors (Lipinski definition) is 0. The third kappa shape index (κ3) is 3.32. The Bertz CT molecular complexity index is 1080. The van der Waals surface area contributed by atoms with Gasteiger partial charge >= 0.3 is 11.9 Å². The van der Waals surface area contributed by atoms with Crippen LogP contribution in [0.15, 0.2) is 51.8 Å². The highest BCUT2D eigenvalue weighted by atomic mass is 19.4. The summed E-state index contributed by atoms with van der Waals surface area (Å²) in [4.78, 5) is 29.4. The predicted octanol–water partition coefficient (Wildman–Crippen LogP) is 2.30. The lowest BCUT2D eigenvalue weighted by atomic mass is 10.1. The molecule has 0 radical (unpaired) electrons. The highest BCUT2D eigenvalue weighted by Crippen LogP contribution is 2.35. The number of pyridine rings is 1. The Morgan fingerprint density at radius 2 is 1.96 bits per heavy atom. The van der Waals surface area contributed by atoms with E-state index < -0.39 is 29.5 Å². The van der Waals surface area contributed by atoms with Crippen LogP contribution in [-0.2, 0) is 17.5 Å². The fourth-order valence-electron chi connectivity index (χ4n) is 2.97. The molecule has 0 unspecified atom stereocenters. The number of halogens is 3. The number of benzene rings is 1. The molecule has 7 nitrogen and oxygen atoms in total. The van der Waals surface area contributed by atoms with Crippen LogP contribution >= 0.6 is 0 Å². The summed E-state index contributed by atoms with van der Waals surface area (Å²) in [5.41, 5.74) is -0.0892. The Morgan fingerprint density at radius 1 is 1.21 bits per heavy atom. The second-order valence-electron chi connectivity index (χ2n) is 6.31. The molecule has 0 aliphatic carbocycles. The van der Waals surface area contributed by atoms with Crippen LogP contribution in [0.2, 0.25) is 0 Å². The Labute approximate surface area is 155 Å². The predicted molar refractivity (Wildman–Crippen MR) is 90.7 cm³/mol. The van der Waals surface area contributed by atoms with Crippen LogP contribution in [0, 0.1) is 0 Å². The van der Waals surface area contributed by atoms with Gasteiger partial charge in [0.2, 0.25) is 11.8 Å². The molecule has 3 heterocycles. The van der Waals surface area contributed by atoms with Crippen molar-refractivity contribution in [3.8, 4) is 5.88 Å². The van der Waals surface area contributed by atoms with E-state index in [-0.39, 0.29) is 25.5 Å². The van der Waals surface area contributed by atoms with E-state index in [4.69, 9.17) is 9.15 Å². The Kier molecular flexibility index (Phi) is 4.33. The fourth-order valence-corrected chi connectivity index (χ4v) is 2.97. The number of para-hydroxylation sites is 2. The van der Waals surface area contributed by atoms with Crippen molar-refractivity contribution in [3.05, 3.63) is 58.7 Å². The smallest absolute Gasteiger partial charge is 0.421 e. The molecule has 1 aliphatic rings. The van der Waals surface area contributed by atoms with Gasteiger partial charge in [-0.3, -0.25) is 9.36 Å². The number of aromatic nitrogens is 2. The quantitative estimate of drug-likeness (QED) is 0.680. The normalized spacial score (nSPS) is 14.9. The third-order valence-electron chi connectivity index (χ3n) is 4.42. The second kappa shape index (κ2) is 6.70. The third-order valence-corrected chi connectivity index (χ3v) is 4.42. The number of nitrogens with zero attached hydrogens (tertiary/aromatic N) is 3. The molecule has 0 saturated carbocycles. The van der Waals surface area contributed by atoms with Gasteiger partial charge in [-0.1, -0.05) is 12.1 Å². The Morgan fingerprint density at radius 3 is 2.71 bits per heavy atom. The number of hydrogen-bond acceptors (Lipinski definition) is 5. The molecule has 1 aromatic carbocycles. The van der Waals surface area contributed by atoms with Gasteiger partial charge in [-0.2, -0.15) is 13.2 Å². The first-order valence-corrected chi connectivity index (χ1v) is 8.38. The minimum absolute atomic E-state index is 0.108. The van der Waals surface area contributed by atoms with Gasteiger partial charge in [-0.15, -0.1) is 0 Å². The van der Waals surface area contributed by atoms with E-state index in [1.54, 1.807) is 24.3 Å². The van der Waals surface area contributed by atoms with Gasteiger partial charge in [-0.05, 0) is 24.3 Å². The van der Waals surface area contributed by atoms with Crippen LogP contribution in [0.4, 0.5) is 13.2 Å². The lowest BCUT2D eigenvalue weighted by molar-refractivity contribution is -0.145. The highest BCUT2D eigenvalue weighted by molar-refractivity contribution is 5.80. The Hall–Kier alpha value is -3.30. The van der Waals surface area contributed by atoms with E-state index in [9.17, 15) is 22.8 Å². The lowest BCUT2D eigenvalue weighted by Gasteiger charge is -2.38. The van der Waals surface area contributed by atoms with Crippen molar-refractivity contribution < 1.29 is 27.1 Å². The molecule has 0 N–H and O–H groups in total. The molecule has 3 aromatic rings. The summed E-state index contributed by atoms with van der Waals surface area (Å²) in [6, 6.07) is 8.78. The molecule has 0 spiro atoms. The molecule has 0 bridgehead atoms. The van der Waals surface area contributed by atoms with Crippen LogP contribution < -0.4 is 10.5 Å². The van der Waals surface area contributed by atoms with Gasteiger partial charge in [0.15, 0.2) is 5.58 Å². The van der Waals surface area contributed by atoms with Crippen LogP contribution in [0.1, 0.15) is 5.56 Å². The number of oxazole rings is 1. The maximum atomic E-state index is 13.0. The molecule has 28 heavy (non-hydrogen) atoms. The lowest BCUT2D eigenvalue weighted by Crippen LogP contribution is -2.57. The van der Waals surface area contributed by atoms with Crippen LogP contribution in [0.25, 0.3) is 11.1 Å². The van der Waals surface area contributed by atoms with E-state index in [1.165, 1.54) is 21.7 Å². The molecule has 2 aromatic heterocycles. The van der Waals surface area contributed by atoms with Crippen molar-refractivity contribution in [3.63, 3.8) is 0 Å². The zero-order chi connectivity index (χ0) is 19.9. The standard InChI is InChI=1S/C18H14F3N3O4/c19-18(20,21)12-4-3-7-22-16(12)27-11-8-23(9-11)15(25)10-24-13-5-1-2-6-14(13)28-17(24)26/h1-7,11H,8-10H2. The summed E-state index contributed by atoms with van der Waals surface area (Å²) >= 11 is 0. The van der Waals surface area contributed by atoms with E-state index >= 15 is 0 Å². The number of carbonyl (C=O) groups is 1. The molecule has 1 fully saturated rings. The van der Waals surface area contributed by atoms with Crippen LogP contribution in [-0.4, -0.2) is 39.6 Å². The van der Waals surface area contributed by atoms with E-state index in [0.29, 0.717) is 11.1 Å². The van der Waals surface area contributed by atoms with Crippen LogP contribution in [0.5, 0.6) is 5.88 Å². The van der Waals surface area contributed by atoms with Gasteiger partial charge in [0.05, 0.1) is 18.6 Å². The molecule has 1 aliphatic heterocycles. The van der Waals surface area contributed by atoms with E-state index in [0.717, 1.165) is 6.07 Å². The largest absolute Gasteiger partial charge is 0.470 e. The summed E-state index contributed by atoms with van der Waals surface area (Å²) in [7, 11) is 0. The average molecular weight is 393 g/mol. The minimum Gasteiger partial charge on any atom is -0.470 e. The van der Waals surface area contributed by atoms with E-state index in [1.807, 2.05) is 0 Å².